The highest BCUT2D eigenvalue weighted by molar-refractivity contribution is 7.94. The summed E-state index contributed by atoms with van der Waals surface area (Å²) in [5.74, 6) is 0.308. The Morgan fingerprint density at radius 1 is 1.17 bits per heavy atom. The van der Waals surface area contributed by atoms with Crippen molar-refractivity contribution >= 4 is 38.3 Å². The molecule has 4 rings (SSSR count). The van der Waals surface area contributed by atoms with Gasteiger partial charge in [-0.3, -0.25) is 9.59 Å². The number of amides is 2. The highest BCUT2D eigenvalue weighted by Crippen LogP contribution is 2.25. The number of fused-ring (bicyclic) bond motifs is 1. The van der Waals surface area contributed by atoms with E-state index in [1.807, 2.05) is 13.0 Å². The molecule has 11 heteroatoms. The lowest BCUT2D eigenvalue weighted by Crippen LogP contribution is -2.49. The van der Waals surface area contributed by atoms with Gasteiger partial charge in [0.1, 0.15) is 29.3 Å². The summed E-state index contributed by atoms with van der Waals surface area (Å²) >= 11 is 0. The number of aryl methyl sites for hydroxylation is 1. The van der Waals surface area contributed by atoms with Crippen LogP contribution in [0, 0.1) is 18.3 Å². The lowest BCUT2D eigenvalue weighted by Gasteiger charge is -2.28. The van der Waals surface area contributed by atoms with Crippen molar-refractivity contribution in [3.8, 4) is 6.07 Å². The predicted octanol–water partition coefficient (Wildman–Crippen LogP) is 2.48. The minimum absolute atomic E-state index is 0.00280. The minimum atomic E-state index is -3.90. The van der Waals surface area contributed by atoms with Gasteiger partial charge in [-0.2, -0.15) is 5.26 Å². The number of rotatable bonds is 7. The standard InChI is InChI=1S/C25H31N5O5S/c1-17-13-18-14-19(8-9-21(18)35-17)27-24(22(15-26)36(2,33)34)28-20-7-3-4-12-30(25(20)32)16-23(31)29-10-5-6-11-29/h8-9,13-14,20,27-28H,3-7,10-12,16H2,1-2H3/b24-22-/t20-/m0/s1. The fourth-order valence-corrected chi connectivity index (χ4v) is 5.33. The van der Waals surface area contributed by atoms with Gasteiger partial charge in [0.05, 0.1) is 6.54 Å². The Morgan fingerprint density at radius 2 is 1.89 bits per heavy atom. The van der Waals surface area contributed by atoms with Gasteiger partial charge in [0.15, 0.2) is 14.7 Å². The first-order valence-corrected chi connectivity index (χ1v) is 14.0. The molecule has 1 aromatic carbocycles. The lowest BCUT2D eigenvalue weighted by molar-refractivity contribution is -0.140. The molecule has 36 heavy (non-hydrogen) atoms. The first-order chi connectivity index (χ1) is 17.2. The summed E-state index contributed by atoms with van der Waals surface area (Å²) in [4.78, 5) is 28.9. The van der Waals surface area contributed by atoms with Crippen LogP contribution >= 0.6 is 0 Å². The van der Waals surface area contributed by atoms with Gasteiger partial charge in [-0.25, -0.2) is 8.42 Å². The van der Waals surface area contributed by atoms with Crippen molar-refractivity contribution in [3.63, 3.8) is 0 Å². The molecule has 0 saturated carbocycles. The van der Waals surface area contributed by atoms with Crippen molar-refractivity contribution in [3.05, 3.63) is 40.8 Å². The summed E-state index contributed by atoms with van der Waals surface area (Å²) in [5, 5.41) is 16.5. The Hall–Kier alpha value is -3.52. The van der Waals surface area contributed by atoms with E-state index in [0.717, 1.165) is 36.7 Å². The van der Waals surface area contributed by atoms with Crippen LogP contribution in [0.15, 0.2) is 39.4 Å². The molecule has 0 spiro atoms. The van der Waals surface area contributed by atoms with Crippen LogP contribution in [0.5, 0.6) is 0 Å². The molecule has 0 bridgehead atoms. The van der Waals surface area contributed by atoms with Crippen LogP contribution in [0.2, 0.25) is 0 Å². The van der Waals surface area contributed by atoms with Crippen LogP contribution < -0.4 is 10.6 Å². The molecule has 2 aliphatic rings. The smallest absolute Gasteiger partial charge is 0.245 e. The zero-order valence-corrected chi connectivity index (χ0v) is 21.4. The molecule has 2 amide bonds. The molecular formula is C25H31N5O5S. The Balaban J connectivity index is 1.60. The summed E-state index contributed by atoms with van der Waals surface area (Å²) in [6.07, 6.45) is 4.78. The van der Waals surface area contributed by atoms with Crippen molar-refractivity contribution in [1.82, 2.24) is 15.1 Å². The Kier molecular flexibility index (Phi) is 7.54. The number of nitrogens with zero attached hydrogens (tertiary/aromatic N) is 3. The quantitative estimate of drug-likeness (QED) is 0.539. The first kappa shape index (κ1) is 25.6. The van der Waals surface area contributed by atoms with Gasteiger partial charge in [-0.1, -0.05) is 0 Å². The first-order valence-electron chi connectivity index (χ1n) is 12.1. The average Bonchev–Trinajstić information content (AvgIpc) is 3.44. The van der Waals surface area contributed by atoms with Crippen LogP contribution in [0.4, 0.5) is 5.69 Å². The third-order valence-corrected chi connectivity index (χ3v) is 7.53. The number of hydrogen-bond donors (Lipinski definition) is 2. The zero-order chi connectivity index (χ0) is 25.9. The van der Waals surface area contributed by atoms with Crippen molar-refractivity contribution in [1.29, 1.82) is 5.26 Å². The third kappa shape index (κ3) is 5.82. The maximum atomic E-state index is 13.4. The van der Waals surface area contributed by atoms with E-state index in [2.05, 4.69) is 10.6 Å². The molecule has 2 saturated heterocycles. The fraction of sp³-hybridized carbons (Fsp3) is 0.480. The van der Waals surface area contributed by atoms with Gasteiger partial charge in [0.25, 0.3) is 0 Å². The van der Waals surface area contributed by atoms with Crippen LogP contribution in [0.3, 0.4) is 0 Å². The minimum Gasteiger partial charge on any atom is -0.461 e. The van der Waals surface area contributed by atoms with E-state index in [1.165, 1.54) is 4.90 Å². The fourth-order valence-electron chi connectivity index (χ4n) is 4.68. The summed E-state index contributed by atoms with van der Waals surface area (Å²) < 4.78 is 30.5. The molecular weight excluding hydrogens is 482 g/mol. The van der Waals surface area contributed by atoms with Crippen molar-refractivity contribution in [2.24, 2.45) is 0 Å². The van der Waals surface area contributed by atoms with E-state index in [9.17, 15) is 23.3 Å². The molecule has 0 aliphatic carbocycles. The highest BCUT2D eigenvalue weighted by atomic mass is 32.2. The van der Waals surface area contributed by atoms with E-state index >= 15 is 0 Å². The molecule has 2 N–H and O–H groups in total. The molecule has 1 aromatic heterocycles. The van der Waals surface area contributed by atoms with Crippen molar-refractivity contribution in [2.75, 3.05) is 37.8 Å². The topological polar surface area (TPSA) is 136 Å². The molecule has 1 atom stereocenters. The van der Waals surface area contributed by atoms with Crippen LogP contribution in [0.25, 0.3) is 11.0 Å². The maximum Gasteiger partial charge on any atom is 0.245 e. The number of allylic oxidation sites excluding steroid dienone is 1. The highest BCUT2D eigenvalue weighted by Gasteiger charge is 2.32. The van der Waals surface area contributed by atoms with E-state index in [1.54, 1.807) is 29.2 Å². The molecule has 2 fully saturated rings. The Labute approximate surface area is 210 Å². The third-order valence-electron chi connectivity index (χ3n) is 6.49. The van der Waals surface area contributed by atoms with E-state index in [-0.39, 0.29) is 24.2 Å². The molecule has 0 unspecified atom stereocenters. The van der Waals surface area contributed by atoms with Gasteiger partial charge in [0.2, 0.25) is 11.8 Å². The van der Waals surface area contributed by atoms with Crippen LogP contribution in [0.1, 0.15) is 37.9 Å². The molecule has 3 heterocycles. The summed E-state index contributed by atoms with van der Waals surface area (Å²) in [6.45, 7) is 3.70. The number of benzene rings is 1. The summed E-state index contributed by atoms with van der Waals surface area (Å²) in [5.41, 5.74) is 1.21. The number of anilines is 1. The second-order valence-electron chi connectivity index (χ2n) is 9.36. The molecule has 2 aromatic rings. The molecule has 2 aliphatic heterocycles. The van der Waals surface area contributed by atoms with Gasteiger partial charge >= 0.3 is 0 Å². The van der Waals surface area contributed by atoms with Crippen molar-refractivity contribution in [2.45, 2.75) is 45.1 Å². The molecule has 192 valence electrons. The SMILES string of the molecule is Cc1cc2cc(N/C(N[C@H]3CCCCN(CC(=O)N4CCCC4)C3=O)=C(\C#N)S(C)(=O)=O)ccc2o1. The lowest BCUT2D eigenvalue weighted by atomic mass is 10.1. The number of hydrogen-bond acceptors (Lipinski definition) is 8. The van der Waals surface area contributed by atoms with Gasteiger partial charge in [-0.05, 0) is 63.3 Å². The van der Waals surface area contributed by atoms with Gasteiger partial charge in [0, 0.05) is 37.0 Å². The predicted molar refractivity (Wildman–Crippen MR) is 135 cm³/mol. The maximum absolute atomic E-state index is 13.4. The van der Waals surface area contributed by atoms with E-state index < -0.39 is 20.8 Å². The summed E-state index contributed by atoms with van der Waals surface area (Å²) in [6, 6.07) is 8.07. The Bertz CT molecular complexity index is 1330. The summed E-state index contributed by atoms with van der Waals surface area (Å²) in [7, 11) is -3.90. The number of carbonyl (C=O) groups is 2. The second kappa shape index (κ2) is 10.6. The molecule has 10 nitrogen and oxygen atoms in total. The largest absolute Gasteiger partial charge is 0.461 e. The van der Waals surface area contributed by atoms with Gasteiger partial charge < -0.3 is 24.9 Å². The second-order valence-corrected chi connectivity index (χ2v) is 11.3. The normalized spacial score (nSPS) is 19.6. The van der Waals surface area contributed by atoms with Crippen molar-refractivity contribution < 1.29 is 22.4 Å². The number of furan rings is 1. The number of nitriles is 1. The van der Waals surface area contributed by atoms with Crippen LogP contribution in [-0.2, 0) is 19.4 Å². The van der Waals surface area contributed by atoms with Gasteiger partial charge in [-0.15, -0.1) is 0 Å². The zero-order valence-electron chi connectivity index (χ0n) is 20.5. The van der Waals surface area contributed by atoms with E-state index in [0.29, 0.717) is 43.7 Å². The van der Waals surface area contributed by atoms with Crippen LogP contribution in [-0.4, -0.2) is 68.5 Å². The number of sulfone groups is 1. The average molecular weight is 514 g/mol. The number of nitrogens with one attached hydrogen (secondary N) is 2. The Morgan fingerprint density at radius 3 is 2.58 bits per heavy atom. The number of likely N-dealkylation sites (tertiary alicyclic amines) is 2. The number of carbonyl (C=O) groups excluding carboxylic acids is 2. The van der Waals surface area contributed by atoms with E-state index in [4.69, 9.17) is 4.42 Å². The molecule has 0 radical (unpaired) electrons. The monoisotopic (exact) mass is 513 g/mol.